The van der Waals surface area contributed by atoms with Crippen molar-refractivity contribution >= 4 is 33.2 Å². The van der Waals surface area contributed by atoms with Gasteiger partial charge < -0.3 is 4.90 Å². The number of amides is 1. The van der Waals surface area contributed by atoms with Gasteiger partial charge >= 0.3 is 0 Å². The molecule has 4 heteroatoms. The highest BCUT2D eigenvalue weighted by Crippen LogP contribution is 2.25. The molecule has 0 aliphatic rings. The van der Waals surface area contributed by atoms with E-state index in [2.05, 4.69) is 43.6 Å². The molecule has 1 heterocycles. The van der Waals surface area contributed by atoms with Gasteiger partial charge in [-0.25, -0.2) is 0 Å². The number of carbonyl (C=O) groups excluding carboxylic acids is 1. The molecule has 2 nitrogen and oxygen atoms in total. The molecule has 1 rings (SSSR count). The average Bonchev–Trinajstić information content (AvgIpc) is 2.59. The van der Waals surface area contributed by atoms with Crippen LogP contribution in [0.4, 0.5) is 0 Å². The van der Waals surface area contributed by atoms with Crippen LogP contribution in [0.15, 0.2) is 15.9 Å². The summed E-state index contributed by atoms with van der Waals surface area (Å²) in [4.78, 5) is 15.0. The average molecular weight is 304 g/mol. The molecule has 0 radical (unpaired) electrons. The molecule has 0 spiro atoms. The molecule has 0 N–H and O–H groups in total. The molecular weight excluding hydrogens is 286 g/mol. The zero-order chi connectivity index (χ0) is 12.3. The third kappa shape index (κ3) is 3.32. The van der Waals surface area contributed by atoms with Gasteiger partial charge in [-0.3, -0.25) is 4.79 Å². The Balaban J connectivity index is 2.88. The van der Waals surface area contributed by atoms with E-state index in [1.54, 1.807) is 0 Å². The molecule has 90 valence electrons. The van der Waals surface area contributed by atoms with Gasteiger partial charge in [-0.15, -0.1) is 11.3 Å². The van der Waals surface area contributed by atoms with Crippen molar-refractivity contribution in [2.45, 2.75) is 33.7 Å². The molecule has 0 unspecified atom stereocenters. The first-order valence-electron chi connectivity index (χ1n) is 5.47. The van der Waals surface area contributed by atoms with E-state index in [1.165, 1.54) is 11.3 Å². The van der Waals surface area contributed by atoms with E-state index in [0.29, 0.717) is 5.92 Å². The highest BCUT2D eigenvalue weighted by molar-refractivity contribution is 9.10. The fraction of sp³-hybridized carbons (Fsp3) is 0.583. The summed E-state index contributed by atoms with van der Waals surface area (Å²) < 4.78 is 0.900. The Morgan fingerprint density at radius 1 is 1.44 bits per heavy atom. The maximum Gasteiger partial charge on any atom is 0.265 e. The second-order valence-corrected chi connectivity index (χ2v) is 6.31. The normalized spacial score (nSPS) is 11.2. The third-order valence-corrected chi connectivity index (χ3v) is 4.08. The summed E-state index contributed by atoms with van der Waals surface area (Å²) in [7, 11) is 0. The molecule has 1 aromatic heterocycles. The van der Waals surface area contributed by atoms with Crippen LogP contribution in [-0.4, -0.2) is 23.4 Å². The molecule has 0 atom stereocenters. The second kappa shape index (κ2) is 5.82. The number of hydrogen-bond acceptors (Lipinski definition) is 2. The van der Waals surface area contributed by atoms with Crippen LogP contribution in [0.3, 0.4) is 0 Å². The number of carbonyl (C=O) groups is 1. The molecule has 0 bridgehead atoms. The smallest absolute Gasteiger partial charge is 0.265 e. The molecule has 0 aromatic carbocycles. The zero-order valence-corrected chi connectivity index (χ0v) is 12.6. The molecule has 16 heavy (non-hydrogen) atoms. The minimum Gasteiger partial charge on any atom is -0.335 e. The summed E-state index contributed by atoms with van der Waals surface area (Å²) >= 11 is 4.91. The van der Waals surface area contributed by atoms with Gasteiger partial charge in [0, 0.05) is 17.1 Å². The Bertz CT molecular complexity index is 360. The minimum atomic E-state index is 0.130. The highest BCUT2D eigenvalue weighted by atomic mass is 79.9. The Morgan fingerprint density at radius 2 is 2.06 bits per heavy atom. The van der Waals surface area contributed by atoms with Gasteiger partial charge in [0.25, 0.3) is 5.91 Å². The zero-order valence-electron chi connectivity index (χ0n) is 10.2. The van der Waals surface area contributed by atoms with Crippen LogP contribution < -0.4 is 0 Å². The van der Waals surface area contributed by atoms with Crippen molar-refractivity contribution in [2.75, 3.05) is 6.54 Å². The van der Waals surface area contributed by atoms with Crippen molar-refractivity contribution < 1.29 is 4.79 Å². The van der Waals surface area contributed by atoms with Gasteiger partial charge in [0.1, 0.15) is 4.88 Å². The van der Waals surface area contributed by atoms with Crippen LogP contribution in [0.2, 0.25) is 0 Å². The van der Waals surface area contributed by atoms with E-state index in [0.717, 1.165) is 15.9 Å². The van der Waals surface area contributed by atoms with E-state index in [1.807, 2.05) is 16.3 Å². The molecule has 0 aliphatic heterocycles. The van der Waals surface area contributed by atoms with Crippen molar-refractivity contribution in [3.05, 3.63) is 20.8 Å². The van der Waals surface area contributed by atoms with E-state index in [4.69, 9.17) is 0 Å². The van der Waals surface area contributed by atoms with Crippen LogP contribution >= 0.6 is 27.3 Å². The van der Waals surface area contributed by atoms with Gasteiger partial charge in [-0.05, 0) is 47.1 Å². The van der Waals surface area contributed by atoms with E-state index in [-0.39, 0.29) is 11.9 Å². The fourth-order valence-electron chi connectivity index (χ4n) is 1.50. The van der Waals surface area contributed by atoms with E-state index in [9.17, 15) is 4.79 Å². The predicted molar refractivity (Wildman–Crippen MR) is 73.0 cm³/mol. The van der Waals surface area contributed by atoms with Crippen molar-refractivity contribution in [2.24, 2.45) is 5.92 Å². The first kappa shape index (κ1) is 13.7. The van der Waals surface area contributed by atoms with E-state index >= 15 is 0 Å². The van der Waals surface area contributed by atoms with Gasteiger partial charge in [-0.1, -0.05) is 13.8 Å². The monoisotopic (exact) mass is 303 g/mol. The molecule has 0 saturated carbocycles. The molecule has 0 aliphatic carbocycles. The summed E-state index contributed by atoms with van der Waals surface area (Å²) in [5, 5.41) is 1.94. The summed E-state index contributed by atoms with van der Waals surface area (Å²) in [5.41, 5.74) is 0. The fourth-order valence-corrected chi connectivity index (χ4v) is 2.99. The van der Waals surface area contributed by atoms with E-state index < -0.39 is 0 Å². The third-order valence-electron chi connectivity index (χ3n) is 2.26. The van der Waals surface area contributed by atoms with Crippen molar-refractivity contribution in [3.63, 3.8) is 0 Å². The topological polar surface area (TPSA) is 20.3 Å². The van der Waals surface area contributed by atoms with Crippen molar-refractivity contribution in [1.29, 1.82) is 0 Å². The highest BCUT2D eigenvalue weighted by Gasteiger charge is 2.22. The van der Waals surface area contributed by atoms with Gasteiger partial charge in [0.15, 0.2) is 0 Å². The van der Waals surface area contributed by atoms with Crippen LogP contribution in [-0.2, 0) is 0 Å². The molecule has 1 amide bonds. The summed E-state index contributed by atoms with van der Waals surface area (Å²) in [6.45, 7) is 9.18. The summed E-state index contributed by atoms with van der Waals surface area (Å²) in [6.07, 6.45) is 0. The Labute approximate surface area is 110 Å². The van der Waals surface area contributed by atoms with Crippen LogP contribution in [0.1, 0.15) is 37.4 Å². The predicted octanol–water partition coefficient (Wildman–Crippen LogP) is 4.02. The Hall–Kier alpha value is -0.350. The van der Waals surface area contributed by atoms with Crippen LogP contribution in [0.5, 0.6) is 0 Å². The quantitative estimate of drug-likeness (QED) is 0.823. The molecule has 0 saturated heterocycles. The second-order valence-electron chi connectivity index (χ2n) is 4.54. The van der Waals surface area contributed by atoms with Crippen LogP contribution in [0.25, 0.3) is 0 Å². The standard InChI is InChI=1S/C12H18BrNOS/c1-8(2)7-14(9(3)4)12(15)11-10(13)5-6-16-11/h5-6,8-9H,7H2,1-4H3. The van der Waals surface area contributed by atoms with Crippen molar-refractivity contribution in [1.82, 2.24) is 4.90 Å². The lowest BCUT2D eigenvalue weighted by molar-refractivity contribution is 0.0686. The first-order chi connectivity index (χ1) is 7.43. The molecule has 1 aromatic rings. The SMILES string of the molecule is CC(C)CN(C(=O)c1sccc1Br)C(C)C. The lowest BCUT2D eigenvalue weighted by Gasteiger charge is -2.28. The summed E-state index contributed by atoms with van der Waals surface area (Å²) in [6, 6.07) is 2.16. The minimum absolute atomic E-state index is 0.130. The molecule has 0 fully saturated rings. The van der Waals surface area contributed by atoms with Gasteiger partial charge in [0.2, 0.25) is 0 Å². The number of hydrogen-bond donors (Lipinski definition) is 0. The van der Waals surface area contributed by atoms with Crippen molar-refractivity contribution in [3.8, 4) is 0 Å². The maximum absolute atomic E-state index is 12.3. The number of nitrogens with zero attached hydrogens (tertiary/aromatic N) is 1. The Morgan fingerprint density at radius 3 is 2.44 bits per heavy atom. The maximum atomic E-state index is 12.3. The Kier molecular flexibility index (Phi) is 4.99. The molecular formula is C12H18BrNOS. The number of rotatable bonds is 4. The number of halogens is 1. The lowest BCUT2D eigenvalue weighted by Crippen LogP contribution is -2.39. The van der Waals surface area contributed by atoms with Gasteiger partial charge in [0.05, 0.1) is 0 Å². The number of thiophene rings is 1. The summed E-state index contributed by atoms with van der Waals surface area (Å²) in [5.74, 6) is 0.621. The lowest BCUT2D eigenvalue weighted by atomic mass is 10.1. The van der Waals surface area contributed by atoms with Gasteiger partial charge in [-0.2, -0.15) is 0 Å². The first-order valence-corrected chi connectivity index (χ1v) is 7.14. The largest absolute Gasteiger partial charge is 0.335 e. The van der Waals surface area contributed by atoms with Crippen LogP contribution in [0, 0.1) is 5.92 Å².